The van der Waals surface area contributed by atoms with Crippen molar-refractivity contribution in [3.8, 4) is 0 Å². The molecule has 13 heteroatoms. The normalized spacial score (nSPS) is 19.9. The molecule has 2 heterocycles. The number of hydrogen-bond acceptors (Lipinski definition) is 9. The van der Waals surface area contributed by atoms with Crippen LogP contribution in [0.1, 0.15) is 35.3 Å². The van der Waals surface area contributed by atoms with Gasteiger partial charge in [0.15, 0.2) is 0 Å². The highest BCUT2D eigenvalue weighted by molar-refractivity contribution is 7.09. The van der Waals surface area contributed by atoms with Gasteiger partial charge >= 0.3 is 12.1 Å². The van der Waals surface area contributed by atoms with Gasteiger partial charge in [-0.25, -0.2) is 9.59 Å². The molecule has 1 saturated carbocycles. The molecule has 1 aromatic heterocycles. The first-order valence-corrected chi connectivity index (χ1v) is 18.2. The SMILES string of the molecule is COCCN(C)C(=O)NC1(C(=O)N[C@H](CC[C@H](Cc2ccccc2)NC(=O)OCc2cncs2)Cc2ccccc2)CC1CN1CCOCC1. The molecule has 0 radical (unpaired) electrons. The van der Waals surface area contributed by atoms with Crippen molar-refractivity contribution >= 4 is 29.4 Å². The van der Waals surface area contributed by atoms with E-state index in [1.807, 2.05) is 48.5 Å². The molecular weight excluding hydrogens is 657 g/mol. The Labute approximate surface area is 298 Å². The summed E-state index contributed by atoms with van der Waals surface area (Å²) in [6.45, 7) is 4.59. The number of rotatable bonds is 18. The molecule has 5 rings (SSSR count). The Morgan fingerprint density at radius 2 is 1.64 bits per heavy atom. The Morgan fingerprint density at radius 3 is 2.24 bits per heavy atom. The van der Waals surface area contributed by atoms with Gasteiger partial charge in [-0.3, -0.25) is 14.7 Å². The number of alkyl carbamates (subject to hydrolysis) is 1. The second-order valence-corrected chi connectivity index (χ2v) is 14.1. The summed E-state index contributed by atoms with van der Waals surface area (Å²) < 4.78 is 16.2. The smallest absolute Gasteiger partial charge is 0.407 e. The van der Waals surface area contributed by atoms with Crippen molar-refractivity contribution < 1.29 is 28.6 Å². The lowest BCUT2D eigenvalue weighted by molar-refractivity contribution is -0.125. The lowest BCUT2D eigenvalue weighted by Crippen LogP contribution is -2.56. The van der Waals surface area contributed by atoms with Gasteiger partial charge in [0.05, 0.1) is 30.2 Å². The van der Waals surface area contributed by atoms with Gasteiger partial charge in [0.25, 0.3) is 0 Å². The molecule has 3 N–H and O–H groups in total. The molecule has 4 atom stereocenters. The molecule has 1 saturated heterocycles. The monoisotopic (exact) mass is 706 g/mol. The van der Waals surface area contributed by atoms with Crippen LogP contribution in [0.4, 0.5) is 9.59 Å². The Bertz CT molecular complexity index is 1480. The van der Waals surface area contributed by atoms with E-state index in [4.69, 9.17) is 14.2 Å². The highest BCUT2D eigenvalue weighted by Gasteiger charge is 2.61. The number of urea groups is 1. The first-order chi connectivity index (χ1) is 24.3. The van der Waals surface area contributed by atoms with Crippen LogP contribution in [-0.2, 0) is 38.5 Å². The van der Waals surface area contributed by atoms with Crippen molar-refractivity contribution in [3.05, 3.63) is 88.4 Å². The van der Waals surface area contributed by atoms with E-state index in [0.717, 1.165) is 29.1 Å². The molecule has 2 aliphatic rings. The van der Waals surface area contributed by atoms with Gasteiger partial charge < -0.3 is 35.1 Å². The number of nitrogens with one attached hydrogen (secondary N) is 3. The molecule has 2 aromatic carbocycles. The second-order valence-electron chi connectivity index (χ2n) is 13.1. The summed E-state index contributed by atoms with van der Waals surface area (Å²) in [5.74, 6) is -0.208. The molecule has 3 aromatic rings. The van der Waals surface area contributed by atoms with Crippen molar-refractivity contribution in [1.82, 2.24) is 30.7 Å². The third kappa shape index (κ3) is 11.2. The number of nitrogens with zero attached hydrogens (tertiary/aromatic N) is 3. The third-order valence-corrected chi connectivity index (χ3v) is 10.2. The van der Waals surface area contributed by atoms with Crippen LogP contribution in [0.5, 0.6) is 0 Å². The molecule has 1 aliphatic carbocycles. The van der Waals surface area contributed by atoms with E-state index in [1.54, 1.807) is 30.8 Å². The van der Waals surface area contributed by atoms with Crippen LogP contribution in [0.15, 0.2) is 72.4 Å². The first-order valence-electron chi connectivity index (χ1n) is 17.4. The minimum Gasteiger partial charge on any atom is -0.444 e. The second kappa shape index (κ2) is 18.8. The summed E-state index contributed by atoms with van der Waals surface area (Å²) in [5, 5.41) is 9.54. The van der Waals surface area contributed by atoms with E-state index in [9.17, 15) is 14.4 Å². The first kappa shape index (κ1) is 37.2. The Kier molecular flexibility index (Phi) is 14.0. The molecule has 2 fully saturated rings. The summed E-state index contributed by atoms with van der Waals surface area (Å²) in [6.07, 6.45) is 4.16. The van der Waals surface area contributed by atoms with Crippen LogP contribution >= 0.6 is 11.3 Å². The number of amides is 4. The van der Waals surface area contributed by atoms with E-state index in [2.05, 4.69) is 38.0 Å². The Hall–Kier alpha value is -4.04. The van der Waals surface area contributed by atoms with Crippen LogP contribution in [0.3, 0.4) is 0 Å². The maximum Gasteiger partial charge on any atom is 0.407 e. The lowest BCUT2D eigenvalue weighted by atomic mass is 9.95. The number of ether oxygens (including phenoxy) is 3. The lowest BCUT2D eigenvalue weighted by Gasteiger charge is -2.30. The third-order valence-electron chi connectivity index (χ3n) is 9.40. The number of aromatic nitrogens is 1. The molecule has 270 valence electrons. The molecular formula is C37H50N6O6S. The fraction of sp³-hybridized carbons (Fsp3) is 0.514. The van der Waals surface area contributed by atoms with Gasteiger partial charge in [-0.1, -0.05) is 60.7 Å². The fourth-order valence-electron chi connectivity index (χ4n) is 6.37. The zero-order valence-electron chi connectivity index (χ0n) is 29.1. The van der Waals surface area contributed by atoms with Crippen LogP contribution in [-0.4, -0.2) is 111 Å². The van der Waals surface area contributed by atoms with E-state index in [-0.39, 0.29) is 36.5 Å². The van der Waals surface area contributed by atoms with Crippen molar-refractivity contribution in [2.45, 2.75) is 56.3 Å². The molecule has 0 bridgehead atoms. The summed E-state index contributed by atoms with van der Waals surface area (Å²) in [4.78, 5) is 49.4. The number of methoxy groups -OCH3 is 1. The number of hydrogen-bond donors (Lipinski definition) is 3. The van der Waals surface area contributed by atoms with Crippen LogP contribution < -0.4 is 16.0 Å². The molecule has 12 nitrogen and oxygen atoms in total. The predicted molar refractivity (Wildman–Crippen MR) is 192 cm³/mol. The molecule has 50 heavy (non-hydrogen) atoms. The summed E-state index contributed by atoms with van der Waals surface area (Å²) in [5.41, 5.74) is 2.87. The van der Waals surface area contributed by atoms with Gasteiger partial charge in [0.1, 0.15) is 12.1 Å². The minimum absolute atomic E-state index is 0.0291. The summed E-state index contributed by atoms with van der Waals surface area (Å²) >= 11 is 1.43. The summed E-state index contributed by atoms with van der Waals surface area (Å²) in [6, 6.07) is 19.3. The Morgan fingerprint density at radius 1 is 1.00 bits per heavy atom. The van der Waals surface area contributed by atoms with E-state index in [0.29, 0.717) is 65.0 Å². The highest BCUT2D eigenvalue weighted by Crippen LogP contribution is 2.45. The standard InChI is InChI=1S/C37H50N6O6S/c1-42(15-18-47-2)35(45)41-37(23-30(37)25-43-16-19-48-20-17-43)34(44)39-31(21-28-9-5-3-6-10-28)13-14-32(22-29-11-7-4-8-12-29)40-36(46)49-26-33-24-38-27-50-33/h3-12,24,27,30-32H,13-23,25-26H2,1-2H3,(H,39,44)(H,40,46)(H,41,45)/t30?,31-,32-,37?/m1/s1. The number of likely N-dealkylation sites (N-methyl/N-ethyl adjacent to an activating group) is 1. The predicted octanol–water partition coefficient (Wildman–Crippen LogP) is 3.87. The van der Waals surface area contributed by atoms with E-state index < -0.39 is 11.6 Å². The quantitative estimate of drug-likeness (QED) is 0.182. The van der Waals surface area contributed by atoms with Gasteiger partial charge in [-0.15, -0.1) is 11.3 Å². The zero-order valence-corrected chi connectivity index (χ0v) is 29.9. The van der Waals surface area contributed by atoms with Crippen LogP contribution in [0.25, 0.3) is 0 Å². The van der Waals surface area contributed by atoms with Gasteiger partial charge in [-0.2, -0.15) is 0 Å². The Balaban J connectivity index is 1.30. The summed E-state index contributed by atoms with van der Waals surface area (Å²) in [7, 11) is 3.30. The van der Waals surface area contributed by atoms with Gasteiger partial charge in [0.2, 0.25) is 5.91 Å². The average Bonchev–Trinajstić information content (AvgIpc) is 3.54. The van der Waals surface area contributed by atoms with E-state index >= 15 is 0 Å². The largest absolute Gasteiger partial charge is 0.444 e. The molecule has 4 amide bonds. The van der Waals surface area contributed by atoms with Gasteiger partial charge in [-0.05, 0) is 43.2 Å². The highest BCUT2D eigenvalue weighted by atomic mass is 32.1. The maximum atomic E-state index is 14.4. The molecule has 2 unspecified atom stereocenters. The number of carbonyl (C=O) groups excluding carboxylic acids is 3. The van der Waals surface area contributed by atoms with Crippen molar-refractivity contribution in [1.29, 1.82) is 0 Å². The topological polar surface area (TPSA) is 134 Å². The fourth-order valence-corrected chi connectivity index (χ4v) is 6.88. The molecule has 1 aliphatic heterocycles. The van der Waals surface area contributed by atoms with Crippen molar-refractivity contribution in [2.24, 2.45) is 5.92 Å². The number of carbonyl (C=O) groups is 3. The van der Waals surface area contributed by atoms with Crippen molar-refractivity contribution in [2.75, 3.05) is 60.2 Å². The van der Waals surface area contributed by atoms with Crippen LogP contribution in [0, 0.1) is 5.92 Å². The molecule has 0 spiro atoms. The van der Waals surface area contributed by atoms with E-state index in [1.165, 1.54) is 11.3 Å². The number of thiazole rings is 1. The zero-order chi connectivity index (χ0) is 35.2. The minimum atomic E-state index is -1.02. The number of morpholine rings is 1. The number of benzene rings is 2. The maximum absolute atomic E-state index is 14.4. The van der Waals surface area contributed by atoms with Gasteiger partial charge in [0, 0.05) is 64.5 Å². The van der Waals surface area contributed by atoms with Crippen LogP contribution in [0.2, 0.25) is 0 Å². The average molecular weight is 707 g/mol. The van der Waals surface area contributed by atoms with Crippen molar-refractivity contribution in [3.63, 3.8) is 0 Å².